The quantitative estimate of drug-likeness (QED) is 0.0199. The summed E-state index contributed by atoms with van der Waals surface area (Å²) in [5.41, 5.74) is 0. The van der Waals surface area contributed by atoms with Gasteiger partial charge in [0, 0.05) is 19.3 Å². The van der Waals surface area contributed by atoms with Gasteiger partial charge in [0.2, 0.25) is 0 Å². The highest BCUT2D eigenvalue weighted by molar-refractivity contribution is 5.71. The van der Waals surface area contributed by atoms with E-state index < -0.39 is 6.10 Å². The van der Waals surface area contributed by atoms with Crippen molar-refractivity contribution in [3.63, 3.8) is 0 Å². The number of hydrogen-bond donors (Lipinski definition) is 0. The molecule has 358 valence electrons. The highest BCUT2D eigenvalue weighted by Crippen LogP contribution is 2.13. The number of esters is 3. The number of carbonyl (C=O) groups is 3. The number of hydrogen-bond acceptors (Lipinski definition) is 6. The second-order valence-electron chi connectivity index (χ2n) is 16.8. The molecule has 0 heterocycles. The Bertz CT molecular complexity index is 1280. The molecule has 1 unspecified atom stereocenters. The van der Waals surface area contributed by atoms with Crippen molar-refractivity contribution in [1.82, 2.24) is 0 Å². The van der Waals surface area contributed by atoms with Crippen molar-refractivity contribution in [2.45, 2.75) is 232 Å². The van der Waals surface area contributed by atoms with Crippen LogP contribution in [0, 0.1) is 0 Å². The van der Waals surface area contributed by atoms with Crippen LogP contribution in [0.2, 0.25) is 0 Å². The summed E-state index contributed by atoms with van der Waals surface area (Å²) in [6, 6.07) is 0. The normalized spacial score (nSPS) is 12.9. The Morgan fingerprint density at radius 2 is 0.698 bits per heavy atom. The molecule has 0 aromatic rings. The molecule has 6 nitrogen and oxygen atoms in total. The predicted molar refractivity (Wildman–Crippen MR) is 270 cm³/mol. The zero-order valence-corrected chi connectivity index (χ0v) is 40.8. The van der Waals surface area contributed by atoms with E-state index in [1.54, 1.807) is 0 Å². The minimum atomic E-state index is -0.812. The Labute approximate surface area is 387 Å². The van der Waals surface area contributed by atoms with Gasteiger partial charge in [-0.05, 0) is 96.3 Å². The van der Waals surface area contributed by atoms with Crippen molar-refractivity contribution in [3.8, 4) is 0 Å². The maximum absolute atomic E-state index is 12.8. The zero-order chi connectivity index (χ0) is 45.8. The maximum Gasteiger partial charge on any atom is 0.306 e. The molecule has 0 spiro atoms. The molecule has 0 saturated carbocycles. The van der Waals surface area contributed by atoms with Gasteiger partial charge in [0.1, 0.15) is 13.2 Å². The topological polar surface area (TPSA) is 78.9 Å². The van der Waals surface area contributed by atoms with Gasteiger partial charge in [-0.15, -0.1) is 0 Å². The van der Waals surface area contributed by atoms with E-state index in [1.165, 1.54) is 77.0 Å². The molecule has 0 saturated heterocycles. The molecule has 6 heteroatoms. The molecular weight excluding hydrogens is 781 g/mol. The third kappa shape index (κ3) is 49.2. The fraction of sp³-hybridized carbons (Fsp3) is 0.667. The minimum absolute atomic E-state index is 0.110. The molecule has 0 radical (unpaired) electrons. The highest BCUT2D eigenvalue weighted by Gasteiger charge is 2.19. The number of rotatable bonds is 45. The summed E-state index contributed by atoms with van der Waals surface area (Å²) in [4.78, 5) is 37.9. The lowest BCUT2D eigenvalue weighted by atomic mass is 10.1. The van der Waals surface area contributed by atoms with Gasteiger partial charge < -0.3 is 14.2 Å². The average Bonchev–Trinajstić information content (AvgIpc) is 3.28. The fourth-order valence-corrected chi connectivity index (χ4v) is 6.76. The molecule has 0 N–H and O–H groups in total. The summed E-state index contributed by atoms with van der Waals surface area (Å²) in [5.74, 6) is -0.999. The lowest BCUT2D eigenvalue weighted by Gasteiger charge is -2.18. The van der Waals surface area contributed by atoms with Gasteiger partial charge in [-0.3, -0.25) is 14.4 Å². The van der Waals surface area contributed by atoms with E-state index in [9.17, 15) is 14.4 Å². The van der Waals surface area contributed by atoms with E-state index in [-0.39, 0.29) is 37.5 Å². The summed E-state index contributed by atoms with van der Waals surface area (Å²) in [6.07, 6.45) is 66.8. The summed E-state index contributed by atoms with van der Waals surface area (Å²) < 4.78 is 16.7. The molecule has 0 aromatic carbocycles. The number of carbonyl (C=O) groups excluding carboxylic acids is 3. The van der Waals surface area contributed by atoms with Crippen LogP contribution in [-0.2, 0) is 28.6 Å². The van der Waals surface area contributed by atoms with Crippen LogP contribution in [0.4, 0.5) is 0 Å². The van der Waals surface area contributed by atoms with Crippen molar-refractivity contribution in [2.75, 3.05) is 13.2 Å². The molecule has 0 aliphatic heterocycles. The number of allylic oxidation sites excluding steroid dienone is 16. The Balaban J connectivity index is 4.48. The lowest BCUT2D eigenvalue weighted by Crippen LogP contribution is -2.30. The van der Waals surface area contributed by atoms with Crippen LogP contribution in [0.1, 0.15) is 226 Å². The van der Waals surface area contributed by atoms with Crippen LogP contribution in [0.5, 0.6) is 0 Å². The molecule has 0 rings (SSSR count). The molecule has 0 aliphatic carbocycles. The first-order valence-electron chi connectivity index (χ1n) is 25.8. The van der Waals surface area contributed by atoms with Gasteiger partial charge in [0.05, 0.1) is 0 Å². The third-order valence-electron chi connectivity index (χ3n) is 10.6. The van der Waals surface area contributed by atoms with Gasteiger partial charge in [-0.25, -0.2) is 0 Å². The van der Waals surface area contributed by atoms with Crippen LogP contribution in [0.3, 0.4) is 0 Å². The summed E-state index contributed by atoms with van der Waals surface area (Å²) in [5, 5.41) is 0. The molecular formula is C57H94O6. The van der Waals surface area contributed by atoms with Gasteiger partial charge in [0.15, 0.2) is 6.10 Å². The Kier molecular flexibility index (Phi) is 48.0. The second-order valence-corrected chi connectivity index (χ2v) is 16.8. The third-order valence-corrected chi connectivity index (χ3v) is 10.6. The SMILES string of the molecule is CC/C=C\C/C=C\C/C=C\CCCC(=O)OCC(COC(=O)CCCCCCC\C=C/C=C\C=C/C=C\CCCCC)OC(=O)CCCCCCC/C=C\CCCCCCCCC. The second kappa shape index (κ2) is 51.0. The van der Waals surface area contributed by atoms with Crippen LogP contribution < -0.4 is 0 Å². The summed E-state index contributed by atoms with van der Waals surface area (Å²) in [7, 11) is 0. The molecule has 0 aromatic heterocycles. The van der Waals surface area contributed by atoms with Crippen LogP contribution in [0.15, 0.2) is 97.2 Å². The van der Waals surface area contributed by atoms with E-state index >= 15 is 0 Å². The van der Waals surface area contributed by atoms with Gasteiger partial charge in [-0.1, -0.05) is 208 Å². The van der Waals surface area contributed by atoms with Crippen molar-refractivity contribution in [2.24, 2.45) is 0 Å². The molecule has 0 amide bonds. The molecule has 1 atom stereocenters. The lowest BCUT2D eigenvalue weighted by molar-refractivity contribution is -0.167. The zero-order valence-electron chi connectivity index (χ0n) is 40.8. The maximum atomic E-state index is 12.8. The Morgan fingerprint density at radius 3 is 1.22 bits per heavy atom. The van der Waals surface area contributed by atoms with E-state index in [4.69, 9.17) is 14.2 Å². The van der Waals surface area contributed by atoms with Crippen LogP contribution in [0.25, 0.3) is 0 Å². The van der Waals surface area contributed by atoms with Crippen LogP contribution in [-0.4, -0.2) is 37.2 Å². The largest absolute Gasteiger partial charge is 0.462 e. The molecule has 0 fully saturated rings. The number of ether oxygens (including phenoxy) is 3. The van der Waals surface area contributed by atoms with Gasteiger partial charge >= 0.3 is 17.9 Å². The van der Waals surface area contributed by atoms with E-state index in [1.807, 2.05) is 0 Å². The Morgan fingerprint density at radius 1 is 0.349 bits per heavy atom. The summed E-state index contributed by atoms with van der Waals surface area (Å²) >= 11 is 0. The standard InChI is InChI=1S/C57H94O6/c1-4-7-10-13-16-19-22-24-26-28-29-31-32-35-38-41-44-47-50-56(59)62-53-54(52-61-55(58)49-46-43-40-37-34-21-18-15-12-9-6-3)63-57(60)51-48-45-42-39-36-33-30-27-25-23-20-17-14-11-8-5-2/h9,12,16,18-19,21-22,24,26-31,37,40,54H,4-8,10-11,13-15,17,20,23,25,32-36,38-39,41-53H2,1-3H3/b12-9-,19-16-,21-18-,24-22-,28-26-,30-27-,31-29-,40-37-. The van der Waals surface area contributed by atoms with E-state index in [2.05, 4.69) is 118 Å². The van der Waals surface area contributed by atoms with Crippen LogP contribution >= 0.6 is 0 Å². The highest BCUT2D eigenvalue weighted by atomic mass is 16.6. The smallest absolute Gasteiger partial charge is 0.306 e. The minimum Gasteiger partial charge on any atom is -0.462 e. The average molecular weight is 875 g/mol. The monoisotopic (exact) mass is 875 g/mol. The van der Waals surface area contributed by atoms with Crippen molar-refractivity contribution in [1.29, 1.82) is 0 Å². The van der Waals surface area contributed by atoms with Crippen molar-refractivity contribution in [3.05, 3.63) is 97.2 Å². The van der Waals surface area contributed by atoms with Crippen molar-refractivity contribution >= 4 is 17.9 Å². The molecule has 0 bridgehead atoms. The van der Waals surface area contributed by atoms with E-state index in [0.717, 1.165) is 103 Å². The first kappa shape index (κ1) is 59.3. The Hall–Kier alpha value is -3.67. The fourth-order valence-electron chi connectivity index (χ4n) is 6.76. The van der Waals surface area contributed by atoms with Gasteiger partial charge in [0.25, 0.3) is 0 Å². The van der Waals surface area contributed by atoms with Gasteiger partial charge in [-0.2, -0.15) is 0 Å². The first-order chi connectivity index (χ1) is 31.0. The molecule has 63 heavy (non-hydrogen) atoms. The summed E-state index contributed by atoms with van der Waals surface area (Å²) in [6.45, 7) is 6.39. The van der Waals surface area contributed by atoms with E-state index in [0.29, 0.717) is 19.3 Å². The number of unbranched alkanes of at least 4 members (excludes halogenated alkanes) is 21. The predicted octanol–water partition coefficient (Wildman–Crippen LogP) is 17.0. The first-order valence-corrected chi connectivity index (χ1v) is 25.8. The molecule has 0 aliphatic rings. The van der Waals surface area contributed by atoms with Crippen molar-refractivity contribution < 1.29 is 28.6 Å².